The predicted molar refractivity (Wildman–Crippen MR) is 101 cm³/mol. The summed E-state index contributed by atoms with van der Waals surface area (Å²) in [6.07, 6.45) is 1.81. The first-order valence-corrected chi connectivity index (χ1v) is 8.50. The Kier molecular flexibility index (Phi) is 4.15. The van der Waals surface area contributed by atoms with Gasteiger partial charge in [0.05, 0.1) is 7.14 Å². The highest BCUT2D eigenvalue weighted by atomic mass is 127. The zero-order chi connectivity index (χ0) is 15.1. The van der Waals surface area contributed by atoms with Crippen LogP contribution >= 0.6 is 56.8 Å². The topological polar surface area (TPSA) is 49.3 Å². The Labute approximate surface area is 153 Å². The molecule has 3 nitrogen and oxygen atoms in total. The van der Waals surface area contributed by atoms with Crippen LogP contribution in [-0.2, 0) is 4.79 Å². The summed E-state index contributed by atoms with van der Waals surface area (Å²) in [6, 6.07) is 8.98. The molecule has 0 spiro atoms. The Balaban J connectivity index is 2.13. The summed E-state index contributed by atoms with van der Waals surface area (Å²) in [6.45, 7) is 0. The van der Waals surface area contributed by atoms with Gasteiger partial charge >= 0.3 is 0 Å². The van der Waals surface area contributed by atoms with Crippen LogP contribution in [0.1, 0.15) is 11.1 Å². The lowest BCUT2D eigenvalue weighted by atomic mass is 10.0. The second-order valence-corrected chi connectivity index (χ2v) is 7.30. The molecule has 1 heterocycles. The third kappa shape index (κ3) is 2.91. The molecule has 6 heteroatoms. The number of benzene rings is 2. The maximum absolute atomic E-state index is 12.1. The third-order valence-electron chi connectivity index (χ3n) is 3.11. The molecule has 0 aromatic heterocycles. The maximum Gasteiger partial charge on any atom is 0.256 e. The molecular weight excluding hydrogens is 515 g/mol. The second kappa shape index (κ2) is 5.77. The van der Waals surface area contributed by atoms with Crippen LogP contribution in [-0.4, -0.2) is 11.0 Å². The average Bonchev–Trinajstić information content (AvgIpc) is 2.72. The van der Waals surface area contributed by atoms with Gasteiger partial charge < -0.3 is 10.4 Å². The quantitative estimate of drug-likeness (QED) is 0.419. The van der Waals surface area contributed by atoms with Crippen molar-refractivity contribution < 1.29 is 9.90 Å². The highest BCUT2D eigenvalue weighted by Gasteiger charge is 2.24. The van der Waals surface area contributed by atoms with E-state index in [4.69, 9.17) is 11.6 Å². The van der Waals surface area contributed by atoms with Gasteiger partial charge in [0.1, 0.15) is 5.75 Å². The molecule has 21 heavy (non-hydrogen) atoms. The van der Waals surface area contributed by atoms with Crippen LogP contribution in [0.5, 0.6) is 5.75 Å². The van der Waals surface area contributed by atoms with Gasteiger partial charge in [0.2, 0.25) is 0 Å². The van der Waals surface area contributed by atoms with Gasteiger partial charge in [-0.1, -0.05) is 11.6 Å². The Morgan fingerprint density at radius 2 is 1.81 bits per heavy atom. The van der Waals surface area contributed by atoms with Gasteiger partial charge in [-0.05, 0) is 87.2 Å². The van der Waals surface area contributed by atoms with Gasteiger partial charge in [0.25, 0.3) is 5.91 Å². The van der Waals surface area contributed by atoms with Crippen molar-refractivity contribution in [1.82, 2.24) is 0 Å². The van der Waals surface area contributed by atoms with E-state index in [0.717, 1.165) is 24.0 Å². The number of hydrogen-bond acceptors (Lipinski definition) is 2. The molecule has 0 saturated heterocycles. The van der Waals surface area contributed by atoms with Crippen LogP contribution in [0.15, 0.2) is 30.3 Å². The number of nitrogens with one attached hydrogen (secondary N) is 1. The first-order chi connectivity index (χ1) is 9.95. The van der Waals surface area contributed by atoms with E-state index in [2.05, 4.69) is 50.5 Å². The van der Waals surface area contributed by atoms with Crippen LogP contribution in [0.4, 0.5) is 5.69 Å². The summed E-state index contributed by atoms with van der Waals surface area (Å²) in [4.78, 5) is 12.1. The fraction of sp³-hybridized carbons (Fsp3) is 0. The van der Waals surface area contributed by atoms with E-state index in [-0.39, 0.29) is 11.7 Å². The van der Waals surface area contributed by atoms with Crippen LogP contribution < -0.4 is 5.32 Å². The van der Waals surface area contributed by atoms with Crippen molar-refractivity contribution in [1.29, 1.82) is 0 Å². The predicted octanol–water partition coefficient (Wildman–Crippen LogP) is 4.75. The van der Waals surface area contributed by atoms with Crippen molar-refractivity contribution in [2.45, 2.75) is 0 Å². The molecule has 0 unspecified atom stereocenters. The zero-order valence-corrected chi connectivity index (χ0v) is 15.5. The lowest BCUT2D eigenvalue weighted by Gasteiger charge is -2.04. The smallest absolute Gasteiger partial charge is 0.256 e. The fourth-order valence-corrected chi connectivity index (χ4v) is 4.13. The number of halogens is 3. The first kappa shape index (κ1) is 15.1. The van der Waals surface area contributed by atoms with Crippen LogP contribution in [0, 0.1) is 7.14 Å². The Morgan fingerprint density at radius 3 is 2.48 bits per heavy atom. The molecule has 0 saturated carbocycles. The highest BCUT2D eigenvalue weighted by molar-refractivity contribution is 14.1. The molecule has 2 aromatic rings. The Bertz CT molecular complexity index is 779. The molecule has 3 rings (SSSR count). The summed E-state index contributed by atoms with van der Waals surface area (Å²) in [7, 11) is 0. The van der Waals surface area contributed by atoms with E-state index in [1.165, 1.54) is 0 Å². The van der Waals surface area contributed by atoms with E-state index >= 15 is 0 Å². The minimum absolute atomic E-state index is 0.148. The fourth-order valence-electron chi connectivity index (χ4n) is 2.14. The van der Waals surface area contributed by atoms with Crippen molar-refractivity contribution in [3.05, 3.63) is 53.6 Å². The van der Waals surface area contributed by atoms with Crippen LogP contribution in [0.3, 0.4) is 0 Å². The minimum Gasteiger partial charge on any atom is -0.506 e. The highest BCUT2D eigenvalue weighted by Crippen LogP contribution is 2.36. The second-order valence-electron chi connectivity index (χ2n) is 4.54. The normalized spacial score (nSPS) is 15.2. The molecule has 0 fully saturated rings. The van der Waals surface area contributed by atoms with E-state index in [1.807, 2.05) is 12.1 Å². The van der Waals surface area contributed by atoms with Crippen LogP contribution in [0.2, 0.25) is 5.02 Å². The molecule has 0 atom stereocenters. The van der Waals surface area contributed by atoms with E-state index in [0.29, 0.717) is 10.6 Å². The van der Waals surface area contributed by atoms with Crippen molar-refractivity contribution in [2.75, 3.05) is 5.32 Å². The number of carbonyl (C=O) groups is 1. The molecular formula is C15H8ClI2NO2. The summed E-state index contributed by atoms with van der Waals surface area (Å²) >= 11 is 10.1. The standard InChI is InChI=1S/C15H8ClI2NO2/c16-8-1-2-13-9(6-8)10(15(21)19-13)3-7-4-11(17)14(20)12(18)5-7/h1-6,20H,(H,19,21). The summed E-state index contributed by atoms with van der Waals surface area (Å²) in [5, 5.41) is 13.2. The van der Waals surface area contributed by atoms with Crippen molar-refractivity contribution in [2.24, 2.45) is 0 Å². The average molecular weight is 523 g/mol. The van der Waals surface area contributed by atoms with Crippen molar-refractivity contribution in [3.8, 4) is 5.75 Å². The number of phenols is 1. The monoisotopic (exact) mass is 523 g/mol. The number of aromatic hydroxyl groups is 1. The molecule has 2 aromatic carbocycles. The zero-order valence-electron chi connectivity index (χ0n) is 10.5. The van der Waals surface area contributed by atoms with Crippen molar-refractivity contribution in [3.63, 3.8) is 0 Å². The number of anilines is 1. The van der Waals surface area contributed by atoms with E-state index < -0.39 is 0 Å². The first-order valence-electron chi connectivity index (χ1n) is 5.96. The van der Waals surface area contributed by atoms with Gasteiger partial charge in [-0.2, -0.15) is 0 Å². The number of carbonyl (C=O) groups excluding carboxylic acids is 1. The van der Waals surface area contributed by atoms with Crippen molar-refractivity contribution >= 4 is 80.0 Å². The minimum atomic E-state index is -0.148. The molecule has 1 amide bonds. The summed E-state index contributed by atoms with van der Waals surface area (Å²) < 4.78 is 1.49. The molecule has 106 valence electrons. The summed E-state index contributed by atoms with van der Waals surface area (Å²) in [5.41, 5.74) is 2.99. The third-order valence-corrected chi connectivity index (χ3v) is 4.99. The van der Waals surface area contributed by atoms with Gasteiger partial charge in [-0.3, -0.25) is 4.79 Å². The number of fused-ring (bicyclic) bond motifs is 1. The molecule has 2 N–H and O–H groups in total. The SMILES string of the molecule is O=C1Nc2ccc(Cl)cc2C1=Cc1cc(I)c(O)c(I)c1. The van der Waals surface area contributed by atoms with Gasteiger partial charge in [0, 0.05) is 21.8 Å². The number of phenolic OH excluding ortho intramolecular Hbond substituents is 1. The van der Waals surface area contributed by atoms with Gasteiger partial charge in [-0.15, -0.1) is 0 Å². The lowest BCUT2D eigenvalue weighted by molar-refractivity contribution is -0.110. The van der Waals surface area contributed by atoms with E-state index in [1.54, 1.807) is 24.3 Å². The number of hydrogen-bond donors (Lipinski definition) is 2. The molecule has 0 radical (unpaired) electrons. The molecule has 0 bridgehead atoms. The molecule has 0 aliphatic carbocycles. The summed E-state index contributed by atoms with van der Waals surface area (Å²) in [5.74, 6) is 0.114. The van der Waals surface area contributed by atoms with E-state index in [9.17, 15) is 9.90 Å². The number of rotatable bonds is 1. The van der Waals surface area contributed by atoms with Crippen LogP contribution in [0.25, 0.3) is 11.6 Å². The van der Waals surface area contributed by atoms with Gasteiger partial charge in [-0.25, -0.2) is 0 Å². The lowest BCUT2D eigenvalue weighted by Crippen LogP contribution is -2.03. The Morgan fingerprint density at radius 1 is 1.14 bits per heavy atom. The Hall–Kier alpha value is -0.800. The maximum atomic E-state index is 12.1. The van der Waals surface area contributed by atoms with Gasteiger partial charge in [0.15, 0.2) is 0 Å². The largest absolute Gasteiger partial charge is 0.506 e. The number of amides is 1. The molecule has 1 aliphatic heterocycles. The molecule has 1 aliphatic rings.